The first-order valence-electron chi connectivity index (χ1n) is 13.0. The molecule has 1 fully saturated rings. The van der Waals surface area contributed by atoms with Crippen LogP contribution in [-0.2, 0) is 22.4 Å². The summed E-state index contributed by atoms with van der Waals surface area (Å²) in [6.07, 6.45) is 5.93. The van der Waals surface area contributed by atoms with Gasteiger partial charge in [-0.1, -0.05) is 38.5 Å². The van der Waals surface area contributed by atoms with Crippen molar-refractivity contribution in [3.63, 3.8) is 0 Å². The van der Waals surface area contributed by atoms with Crippen molar-refractivity contribution in [3.05, 3.63) is 41.6 Å². The molecule has 1 spiro atoms. The third-order valence-corrected chi connectivity index (χ3v) is 7.27. The summed E-state index contributed by atoms with van der Waals surface area (Å²) in [7, 11) is 0. The van der Waals surface area contributed by atoms with E-state index in [2.05, 4.69) is 27.6 Å². The number of carbonyl (C=O) groups excluding carboxylic acids is 2. The van der Waals surface area contributed by atoms with E-state index in [0.717, 1.165) is 31.4 Å². The summed E-state index contributed by atoms with van der Waals surface area (Å²) in [5.41, 5.74) is 0.797. The Hall–Kier alpha value is -2.90. The Morgan fingerprint density at radius 3 is 2.69 bits per heavy atom. The Kier molecular flexibility index (Phi) is 8.08. The lowest BCUT2D eigenvalue weighted by Gasteiger charge is -2.41. The molecule has 8 heteroatoms. The molecule has 0 unspecified atom stereocenters. The smallest absolute Gasteiger partial charge is 0.226 e. The summed E-state index contributed by atoms with van der Waals surface area (Å²) >= 11 is 0. The monoisotopic (exact) mass is 482 g/mol. The Morgan fingerprint density at radius 2 is 1.94 bits per heavy atom. The highest BCUT2D eigenvalue weighted by molar-refractivity contribution is 5.83. The van der Waals surface area contributed by atoms with Gasteiger partial charge in [-0.15, -0.1) is 10.2 Å². The van der Waals surface area contributed by atoms with Gasteiger partial charge in [-0.2, -0.15) is 0 Å². The van der Waals surface area contributed by atoms with Crippen LogP contribution in [0.5, 0.6) is 5.75 Å². The highest BCUT2D eigenvalue weighted by Crippen LogP contribution is 2.38. The van der Waals surface area contributed by atoms with Crippen LogP contribution in [-0.4, -0.2) is 52.6 Å². The minimum atomic E-state index is -0.428. The highest BCUT2D eigenvalue weighted by atomic mass is 16.5. The van der Waals surface area contributed by atoms with Crippen molar-refractivity contribution in [2.45, 2.75) is 84.1 Å². The van der Waals surface area contributed by atoms with E-state index in [-0.39, 0.29) is 23.8 Å². The second kappa shape index (κ2) is 11.2. The van der Waals surface area contributed by atoms with Crippen molar-refractivity contribution >= 4 is 11.8 Å². The van der Waals surface area contributed by atoms with E-state index in [1.165, 1.54) is 5.56 Å². The summed E-state index contributed by atoms with van der Waals surface area (Å²) in [4.78, 5) is 28.2. The average molecular weight is 483 g/mol. The molecule has 0 saturated carbocycles. The fraction of sp³-hybridized carbons (Fsp3) is 0.630. The van der Waals surface area contributed by atoms with Crippen LogP contribution < -0.4 is 10.1 Å². The number of ether oxygens (including phenoxy) is 1. The summed E-state index contributed by atoms with van der Waals surface area (Å²) in [6.45, 7) is 7.62. The summed E-state index contributed by atoms with van der Waals surface area (Å²) in [5, 5.41) is 11.3. The molecular weight excluding hydrogens is 444 g/mol. The van der Waals surface area contributed by atoms with Crippen LogP contribution in [0.1, 0.15) is 82.6 Å². The van der Waals surface area contributed by atoms with E-state index in [9.17, 15) is 9.59 Å². The standard InChI is InChI=1S/C27H38N4O4/c1-19(2)25-30-29-23(35-25)11-12-24(32)31-16-14-27(15-17-31)13-7-6-9-21-8-4-5-10-22(21)34-18-20(3)28-26(27)33/h4-5,8,10,19-20H,6-7,9,11-18H2,1-3H3,(H,28,33)/t20-/m0/s1. The van der Waals surface area contributed by atoms with Crippen LogP contribution in [0.25, 0.3) is 0 Å². The van der Waals surface area contributed by atoms with Crippen LogP contribution in [0.15, 0.2) is 28.7 Å². The maximum atomic E-state index is 13.4. The molecule has 0 bridgehead atoms. The number of aromatic nitrogens is 2. The quantitative estimate of drug-likeness (QED) is 0.706. The Balaban J connectivity index is 1.34. The number of hydrogen-bond acceptors (Lipinski definition) is 6. The summed E-state index contributed by atoms with van der Waals surface area (Å²) < 4.78 is 11.7. The number of benzene rings is 1. The van der Waals surface area contributed by atoms with Crippen molar-refractivity contribution in [1.29, 1.82) is 0 Å². The van der Waals surface area contributed by atoms with E-state index in [1.807, 2.05) is 37.8 Å². The molecule has 1 N–H and O–H groups in total. The number of aryl methyl sites for hydroxylation is 2. The number of nitrogens with zero attached hydrogens (tertiary/aromatic N) is 3. The number of carbonyl (C=O) groups is 2. The zero-order valence-electron chi connectivity index (χ0n) is 21.2. The lowest BCUT2D eigenvalue weighted by atomic mass is 9.73. The SMILES string of the molecule is CC(C)c1nnc(CCC(=O)N2CCC3(CCCCc4ccccc4OC[C@H](C)NC3=O)CC2)o1. The average Bonchev–Trinajstić information content (AvgIpc) is 3.34. The van der Waals surface area contributed by atoms with Gasteiger partial charge in [0.05, 0.1) is 11.5 Å². The molecule has 1 aromatic carbocycles. The van der Waals surface area contributed by atoms with Crippen molar-refractivity contribution in [1.82, 2.24) is 20.4 Å². The van der Waals surface area contributed by atoms with Gasteiger partial charge in [0, 0.05) is 31.8 Å². The van der Waals surface area contributed by atoms with E-state index >= 15 is 0 Å². The maximum absolute atomic E-state index is 13.4. The largest absolute Gasteiger partial charge is 0.491 e. The van der Waals surface area contributed by atoms with Crippen LogP contribution in [0.4, 0.5) is 0 Å². The van der Waals surface area contributed by atoms with Gasteiger partial charge in [0.2, 0.25) is 23.6 Å². The Labute approximate surface area is 207 Å². The van der Waals surface area contributed by atoms with E-state index in [4.69, 9.17) is 9.15 Å². The fourth-order valence-electron chi connectivity index (χ4n) is 5.01. The van der Waals surface area contributed by atoms with Crippen molar-refractivity contribution < 1.29 is 18.7 Å². The molecule has 4 rings (SSSR count). The van der Waals surface area contributed by atoms with Gasteiger partial charge in [-0.3, -0.25) is 9.59 Å². The molecule has 1 atom stereocenters. The number of fused-ring (bicyclic) bond motifs is 1. The number of piperidine rings is 1. The molecule has 2 aliphatic heterocycles. The normalized spacial score (nSPS) is 21.0. The van der Waals surface area contributed by atoms with Crippen molar-refractivity contribution in [2.75, 3.05) is 19.7 Å². The fourth-order valence-corrected chi connectivity index (χ4v) is 5.01. The first-order chi connectivity index (χ1) is 16.9. The van der Waals surface area contributed by atoms with Gasteiger partial charge < -0.3 is 19.4 Å². The number of nitrogens with one attached hydrogen (secondary N) is 1. The summed E-state index contributed by atoms with van der Waals surface area (Å²) in [6, 6.07) is 8.09. The zero-order valence-corrected chi connectivity index (χ0v) is 21.2. The van der Waals surface area contributed by atoms with Gasteiger partial charge >= 0.3 is 0 Å². The van der Waals surface area contributed by atoms with E-state index in [0.29, 0.717) is 57.2 Å². The third-order valence-electron chi connectivity index (χ3n) is 7.27. The van der Waals surface area contributed by atoms with Gasteiger partial charge in [0.25, 0.3) is 0 Å². The Morgan fingerprint density at radius 1 is 1.17 bits per heavy atom. The number of para-hydroxylation sites is 1. The Bertz CT molecular complexity index is 1010. The molecule has 8 nitrogen and oxygen atoms in total. The molecule has 2 aliphatic rings. The molecule has 1 saturated heterocycles. The zero-order chi connectivity index (χ0) is 24.8. The van der Waals surface area contributed by atoms with Gasteiger partial charge in [-0.05, 0) is 50.7 Å². The number of hydrogen-bond donors (Lipinski definition) is 1. The van der Waals surface area contributed by atoms with Crippen LogP contribution >= 0.6 is 0 Å². The van der Waals surface area contributed by atoms with Gasteiger partial charge in [0.1, 0.15) is 12.4 Å². The predicted octanol–water partition coefficient (Wildman–Crippen LogP) is 4.04. The number of amides is 2. The van der Waals surface area contributed by atoms with Crippen molar-refractivity contribution in [3.8, 4) is 5.75 Å². The molecule has 0 radical (unpaired) electrons. The topological polar surface area (TPSA) is 97.6 Å². The molecule has 190 valence electrons. The lowest BCUT2D eigenvalue weighted by molar-refractivity contribution is -0.141. The first-order valence-corrected chi connectivity index (χ1v) is 13.0. The van der Waals surface area contributed by atoms with E-state index < -0.39 is 5.41 Å². The number of likely N-dealkylation sites (tertiary alicyclic amines) is 1. The van der Waals surface area contributed by atoms with Crippen molar-refractivity contribution in [2.24, 2.45) is 5.41 Å². The minimum absolute atomic E-state index is 0.0797. The third kappa shape index (κ3) is 6.21. The molecule has 2 amide bonds. The lowest BCUT2D eigenvalue weighted by Crippen LogP contribution is -2.52. The summed E-state index contributed by atoms with van der Waals surface area (Å²) in [5.74, 6) is 2.37. The van der Waals surface area contributed by atoms with Crippen LogP contribution in [0.3, 0.4) is 0 Å². The van der Waals surface area contributed by atoms with E-state index in [1.54, 1.807) is 0 Å². The van der Waals surface area contributed by atoms with Crippen LogP contribution in [0.2, 0.25) is 0 Å². The molecule has 0 aliphatic carbocycles. The maximum Gasteiger partial charge on any atom is 0.226 e. The first kappa shape index (κ1) is 25.2. The molecular formula is C27H38N4O4. The predicted molar refractivity (Wildman–Crippen MR) is 132 cm³/mol. The van der Waals surface area contributed by atoms with Crippen LogP contribution in [0, 0.1) is 5.41 Å². The van der Waals surface area contributed by atoms with Gasteiger partial charge in [0.15, 0.2) is 0 Å². The highest BCUT2D eigenvalue weighted by Gasteiger charge is 2.42. The minimum Gasteiger partial charge on any atom is -0.491 e. The second-order valence-electron chi connectivity index (χ2n) is 10.4. The molecule has 3 heterocycles. The molecule has 35 heavy (non-hydrogen) atoms. The molecule has 1 aromatic heterocycles. The molecule has 2 aromatic rings. The second-order valence-corrected chi connectivity index (χ2v) is 10.4. The number of rotatable bonds is 4. The van der Waals surface area contributed by atoms with Gasteiger partial charge in [-0.25, -0.2) is 0 Å².